The lowest BCUT2D eigenvalue weighted by Gasteiger charge is -2.35. The van der Waals surface area contributed by atoms with Crippen molar-refractivity contribution in [3.05, 3.63) is 42.2 Å². The smallest absolute Gasteiger partial charge is 0.274 e. The molecule has 0 atom stereocenters. The number of hydrogen-bond donors (Lipinski definition) is 0. The largest absolute Gasteiger partial charge is 0.353 e. The van der Waals surface area contributed by atoms with Crippen LogP contribution in [0, 0.1) is 0 Å². The van der Waals surface area contributed by atoms with Crippen LogP contribution in [0.1, 0.15) is 10.5 Å². The predicted octanol–water partition coefficient (Wildman–Crippen LogP) is 0.586. The van der Waals surface area contributed by atoms with Crippen LogP contribution < -0.4 is 9.80 Å². The van der Waals surface area contributed by atoms with Crippen LogP contribution in [-0.4, -0.2) is 90.3 Å². The number of likely N-dealkylation sites (N-methyl/N-ethyl adjacent to an activating group) is 1. The van der Waals surface area contributed by atoms with Crippen LogP contribution in [0.25, 0.3) is 0 Å². The standard InChI is InChI=1S/C19H25N7O/c1-23-8-10-26(11-9-23)19(27)16-5-6-18(22-21-16)25-14-12-24(13-15-25)17-4-2-3-7-20-17/h2-7H,8-15H2,1H3. The van der Waals surface area contributed by atoms with E-state index in [9.17, 15) is 4.79 Å². The summed E-state index contributed by atoms with van der Waals surface area (Å²) >= 11 is 0. The summed E-state index contributed by atoms with van der Waals surface area (Å²) in [6.07, 6.45) is 1.82. The first-order valence-electron chi connectivity index (χ1n) is 9.43. The van der Waals surface area contributed by atoms with E-state index in [4.69, 9.17) is 0 Å². The first-order valence-corrected chi connectivity index (χ1v) is 9.43. The lowest BCUT2D eigenvalue weighted by Crippen LogP contribution is -2.48. The third kappa shape index (κ3) is 4.00. The van der Waals surface area contributed by atoms with Crippen molar-refractivity contribution in [1.82, 2.24) is 25.0 Å². The molecule has 0 aliphatic carbocycles. The normalized spacial score (nSPS) is 18.6. The van der Waals surface area contributed by atoms with Gasteiger partial charge in [-0.25, -0.2) is 4.98 Å². The van der Waals surface area contributed by atoms with Crippen LogP contribution >= 0.6 is 0 Å². The average Bonchev–Trinajstić information content (AvgIpc) is 2.75. The zero-order chi connectivity index (χ0) is 18.6. The summed E-state index contributed by atoms with van der Waals surface area (Å²) in [6.45, 7) is 6.79. The Labute approximate surface area is 159 Å². The Bertz CT molecular complexity index is 751. The van der Waals surface area contributed by atoms with E-state index >= 15 is 0 Å². The molecular formula is C19H25N7O. The van der Waals surface area contributed by atoms with E-state index in [0.29, 0.717) is 5.69 Å². The topological polar surface area (TPSA) is 68.7 Å². The second-order valence-electron chi connectivity index (χ2n) is 7.03. The summed E-state index contributed by atoms with van der Waals surface area (Å²) in [5.41, 5.74) is 0.426. The summed E-state index contributed by atoms with van der Waals surface area (Å²) < 4.78 is 0. The maximum atomic E-state index is 12.6. The SMILES string of the molecule is CN1CCN(C(=O)c2ccc(N3CCN(c4ccccn4)CC3)nn2)CC1. The van der Waals surface area contributed by atoms with Crippen molar-refractivity contribution in [2.75, 3.05) is 69.2 Å². The molecular weight excluding hydrogens is 342 g/mol. The monoisotopic (exact) mass is 367 g/mol. The molecule has 4 rings (SSSR count). The van der Waals surface area contributed by atoms with Gasteiger partial charge in [-0.1, -0.05) is 6.07 Å². The van der Waals surface area contributed by atoms with E-state index in [1.54, 1.807) is 6.07 Å². The number of aromatic nitrogens is 3. The van der Waals surface area contributed by atoms with Crippen molar-refractivity contribution >= 4 is 17.5 Å². The number of carbonyl (C=O) groups excluding carboxylic acids is 1. The van der Waals surface area contributed by atoms with Gasteiger partial charge >= 0.3 is 0 Å². The summed E-state index contributed by atoms with van der Waals surface area (Å²) in [4.78, 5) is 25.5. The molecule has 2 aromatic heterocycles. The van der Waals surface area contributed by atoms with Crippen LogP contribution in [0.15, 0.2) is 36.5 Å². The van der Waals surface area contributed by atoms with E-state index in [1.807, 2.05) is 35.4 Å². The summed E-state index contributed by atoms with van der Waals surface area (Å²) in [5, 5.41) is 8.52. The van der Waals surface area contributed by atoms with E-state index < -0.39 is 0 Å². The fourth-order valence-electron chi connectivity index (χ4n) is 3.48. The second-order valence-corrected chi connectivity index (χ2v) is 7.03. The number of piperazine rings is 2. The van der Waals surface area contributed by atoms with Gasteiger partial charge in [-0.15, -0.1) is 10.2 Å². The van der Waals surface area contributed by atoms with E-state index in [1.165, 1.54) is 0 Å². The number of carbonyl (C=O) groups is 1. The highest BCUT2D eigenvalue weighted by molar-refractivity contribution is 5.92. The zero-order valence-corrected chi connectivity index (χ0v) is 15.7. The van der Waals surface area contributed by atoms with Crippen LogP contribution in [0.4, 0.5) is 11.6 Å². The highest BCUT2D eigenvalue weighted by Crippen LogP contribution is 2.17. The van der Waals surface area contributed by atoms with Crippen LogP contribution in [-0.2, 0) is 0 Å². The van der Waals surface area contributed by atoms with Crippen molar-refractivity contribution < 1.29 is 4.79 Å². The number of amides is 1. The van der Waals surface area contributed by atoms with Crippen molar-refractivity contribution in [2.24, 2.45) is 0 Å². The Kier molecular flexibility index (Phi) is 5.15. The third-order valence-corrected chi connectivity index (χ3v) is 5.24. The molecule has 0 bridgehead atoms. The van der Waals surface area contributed by atoms with Gasteiger partial charge in [0.2, 0.25) is 0 Å². The molecule has 0 N–H and O–H groups in total. The molecule has 2 aliphatic heterocycles. The van der Waals surface area contributed by atoms with Gasteiger partial charge < -0.3 is 19.6 Å². The maximum Gasteiger partial charge on any atom is 0.274 e. The molecule has 2 fully saturated rings. The van der Waals surface area contributed by atoms with Gasteiger partial charge in [0, 0.05) is 58.6 Å². The lowest BCUT2D eigenvalue weighted by molar-refractivity contribution is 0.0657. The van der Waals surface area contributed by atoms with Crippen molar-refractivity contribution in [1.29, 1.82) is 0 Å². The van der Waals surface area contributed by atoms with Gasteiger partial charge in [0.05, 0.1) is 0 Å². The Balaban J connectivity index is 1.35. The molecule has 4 heterocycles. The molecule has 0 radical (unpaired) electrons. The van der Waals surface area contributed by atoms with Crippen LogP contribution in [0.2, 0.25) is 0 Å². The van der Waals surface area contributed by atoms with E-state index in [0.717, 1.165) is 64.0 Å². The number of pyridine rings is 1. The molecule has 2 saturated heterocycles. The zero-order valence-electron chi connectivity index (χ0n) is 15.7. The Morgan fingerprint density at radius 2 is 1.52 bits per heavy atom. The first-order chi connectivity index (χ1) is 13.2. The highest BCUT2D eigenvalue weighted by atomic mass is 16.2. The Morgan fingerprint density at radius 1 is 0.815 bits per heavy atom. The molecule has 2 aromatic rings. The fraction of sp³-hybridized carbons (Fsp3) is 0.474. The van der Waals surface area contributed by atoms with Gasteiger partial charge in [-0.2, -0.15) is 0 Å². The van der Waals surface area contributed by atoms with Gasteiger partial charge in [-0.3, -0.25) is 4.79 Å². The number of nitrogens with zero attached hydrogens (tertiary/aromatic N) is 7. The number of hydrogen-bond acceptors (Lipinski definition) is 7. The number of rotatable bonds is 3. The minimum absolute atomic E-state index is 0.0258. The van der Waals surface area contributed by atoms with Crippen molar-refractivity contribution in [3.63, 3.8) is 0 Å². The average molecular weight is 367 g/mol. The molecule has 0 unspecified atom stereocenters. The van der Waals surface area contributed by atoms with Gasteiger partial charge in [0.15, 0.2) is 11.5 Å². The fourth-order valence-corrected chi connectivity index (χ4v) is 3.48. The quantitative estimate of drug-likeness (QED) is 0.786. The van der Waals surface area contributed by atoms with E-state index in [-0.39, 0.29) is 5.91 Å². The summed E-state index contributed by atoms with van der Waals surface area (Å²) in [5.74, 6) is 1.81. The molecule has 8 nitrogen and oxygen atoms in total. The van der Waals surface area contributed by atoms with Crippen LogP contribution in [0.5, 0.6) is 0 Å². The third-order valence-electron chi connectivity index (χ3n) is 5.24. The molecule has 8 heteroatoms. The molecule has 142 valence electrons. The minimum Gasteiger partial charge on any atom is -0.353 e. The van der Waals surface area contributed by atoms with Crippen molar-refractivity contribution in [3.8, 4) is 0 Å². The Morgan fingerprint density at radius 3 is 2.11 bits per heavy atom. The first kappa shape index (κ1) is 17.7. The molecule has 0 aromatic carbocycles. The van der Waals surface area contributed by atoms with Crippen molar-refractivity contribution in [2.45, 2.75) is 0 Å². The van der Waals surface area contributed by atoms with Crippen LogP contribution in [0.3, 0.4) is 0 Å². The number of anilines is 2. The molecule has 1 amide bonds. The molecule has 0 spiro atoms. The maximum absolute atomic E-state index is 12.6. The lowest BCUT2D eigenvalue weighted by atomic mass is 10.2. The summed E-state index contributed by atoms with van der Waals surface area (Å²) in [6, 6.07) is 9.69. The van der Waals surface area contributed by atoms with E-state index in [2.05, 4.69) is 36.9 Å². The summed E-state index contributed by atoms with van der Waals surface area (Å²) in [7, 11) is 2.07. The van der Waals surface area contributed by atoms with Gasteiger partial charge in [-0.05, 0) is 31.3 Å². The predicted molar refractivity (Wildman–Crippen MR) is 104 cm³/mol. The molecule has 0 saturated carbocycles. The minimum atomic E-state index is -0.0258. The highest BCUT2D eigenvalue weighted by Gasteiger charge is 2.23. The molecule has 27 heavy (non-hydrogen) atoms. The second kappa shape index (κ2) is 7.87. The van der Waals surface area contributed by atoms with Gasteiger partial charge in [0.1, 0.15) is 5.82 Å². The van der Waals surface area contributed by atoms with Gasteiger partial charge in [0.25, 0.3) is 5.91 Å². The molecule has 2 aliphatic rings. The Hall–Kier alpha value is -2.74.